The van der Waals surface area contributed by atoms with Gasteiger partial charge in [-0.05, 0) is 57.0 Å². The summed E-state index contributed by atoms with van der Waals surface area (Å²) in [5.41, 5.74) is 2.92. The summed E-state index contributed by atoms with van der Waals surface area (Å²) in [5.74, 6) is -0.236. The number of amides is 1. The van der Waals surface area contributed by atoms with Gasteiger partial charge in [0.15, 0.2) is 0 Å². The minimum atomic E-state index is -0.236. The van der Waals surface area contributed by atoms with Gasteiger partial charge in [-0.15, -0.1) is 5.10 Å². The van der Waals surface area contributed by atoms with E-state index >= 15 is 0 Å². The summed E-state index contributed by atoms with van der Waals surface area (Å²) in [7, 11) is 0. The van der Waals surface area contributed by atoms with Gasteiger partial charge in [0.2, 0.25) is 0 Å². The van der Waals surface area contributed by atoms with E-state index in [2.05, 4.69) is 41.8 Å². The van der Waals surface area contributed by atoms with Gasteiger partial charge in [0.05, 0.1) is 11.3 Å². The molecule has 0 saturated carbocycles. The van der Waals surface area contributed by atoms with Crippen molar-refractivity contribution in [2.24, 2.45) is 0 Å². The maximum atomic E-state index is 12.2. The third-order valence-corrected chi connectivity index (χ3v) is 3.46. The van der Waals surface area contributed by atoms with Gasteiger partial charge in [0.1, 0.15) is 6.33 Å². The van der Waals surface area contributed by atoms with Gasteiger partial charge in [-0.3, -0.25) is 9.78 Å². The zero-order chi connectivity index (χ0) is 15.5. The normalized spacial score (nSPS) is 10.5. The molecule has 0 spiro atoms. The van der Waals surface area contributed by atoms with Gasteiger partial charge in [-0.25, -0.2) is 4.68 Å². The summed E-state index contributed by atoms with van der Waals surface area (Å²) >= 11 is 3.30. The molecular formula is C14H11BrN6O. The van der Waals surface area contributed by atoms with E-state index < -0.39 is 0 Å². The summed E-state index contributed by atoms with van der Waals surface area (Å²) < 4.78 is 2.30. The molecule has 3 rings (SSSR count). The molecule has 2 heterocycles. The first-order chi connectivity index (χ1) is 10.6. The second-order valence-corrected chi connectivity index (χ2v) is 5.52. The van der Waals surface area contributed by atoms with Crippen molar-refractivity contribution in [3.63, 3.8) is 0 Å². The Morgan fingerprint density at radius 2 is 2.14 bits per heavy atom. The van der Waals surface area contributed by atoms with Gasteiger partial charge >= 0.3 is 0 Å². The molecule has 2 aromatic heterocycles. The van der Waals surface area contributed by atoms with Crippen molar-refractivity contribution in [2.45, 2.75) is 6.92 Å². The molecule has 0 aliphatic carbocycles. The largest absolute Gasteiger partial charge is 0.322 e. The number of aromatic nitrogens is 5. The number of pyridine rings is 1. The van der Waals surface area contributed by atoms with Crippen LogP contribution in [-0.4, -0.2) is 31.1 Å². The van der Waals surface area contributed by atoms with E-state index in [4.69, 9.17) is 0 Å². The molecule has 3 aromatic rings. The number of aryl methyl sites for hydroxylation is 1. The third-order valence-electron chi connectivity index (χ3n) is 3.03. The van der Waals surface area contributed by atoms with Crippen LogP contribution in [0.25, 0.3) is 5.69 Å². The Balaban J connectivity index is 1.87. The molecule has 0 saturated heterocycles. The lowest BCUT2D eigenvalue weighted by molar-refractivity contribution is 0.102. The number of nitrogens with one attached hydrogen (secondary N) is 1. The van der Waals surface area contributed by atoms with Gasteiger partial charge < -0.3 is 5.32 Å². The number of hydrogen-bond acceptors (Lipinski definition) is 5. The third kappa shape index (κ3) is 3.01. The van der Waals surface area contributed by atoms with Crippen molar-refractivity contribution in [3.05, 3.63) is 58.6 Å². The highest BCUT2D eigenvalue weighted by atomic mass is 79.9. The van der Waals surface area contributed by atoms with Gasteiger partial charge in [0, 0.05) is 22.6 Å². The van der Waals surface area contributed by atoms with Crippen LogP contribution in [0.5, 0.6) is 0 Å². The number of halogens is 1. The first-order valence-electron chi connectivity index (χ1n) is 6.39. The lowest BCUT2D eigenvalue weighted by Gasteiger charge is -2.09. The highest BCUT2D eigenvalue weighted by Crippen LogP contribution is 2.19. The number of tetrazole rings is 1. The molecule has 7 nitrogen and oxygen atoms in total. The average Bonchev–Trinajstić information content (AvgIpc) is 3.03. The molecule has 0 fully saturated rings. The highest BCUT2D eigenvalue weighted by molar-refractivity contribution is 9.10. The maximum absolute atomic E-state index is 12.2. The lowest BCUT2D eigenvalue weighted by atomic mass is 10.1. The van der Waals surface area contributed by atoms with E-state index in [9.17, 15) is 4.79 Å². The fourth-order valence-electron chi connectivity index (χ4n) is 1.94. The van der Waals surface area contributed by atoms with Gasteiger partial charge in [-0.1, -0.05) is 6.07 Å². The smallest absolute Gasteiger partial charge is 0.257 e. The minimum absolute atomic E-state index is 0.236. The van der Waals surface area contributed by atoms with Crippen molar-refractivity contribution in [1.82, 2.24) is 25.2 Å². The molecule has 0 radical (unpaired) electrons. The van der Waals surface area contributed by atoms with E-state index in [1.807, 2.05) is 25.1 Å². The van der Waals surface area contributed by atoms with Crippen LogP contribution in [0.15, 0.2) is 47.5 Å². The number of hydrogen-bond donors (Lipinski definition) is 1. The second kappa shape index (κ2) is 6.02. The van der Waals surface area contributed by atoms with Crippen molar-refractivity contribution < 1.29 is 4.79 Å². The van der Waals surface area contributed by atoms with E-state index in [0.29, 0.717) is 11.3 Å². The number of benzene rings is 1. The van der Waals surface area contributed by atoms with E-state index in [0.717, 1.165) is 15.7 Å². The van der Waals surface area contributed by atoms with Crippen LogP contribution >= 0.6 is 15.9 Å². The van der Waals surface area contributed by atoms with Crippen LogP contribution in [0, 0.1) is 6.92 Å². The van der Waals surface area contributed by atoms with E-state index in [1.165, 1.54) is 12.5 Å². The molecule has 1 amide bonds. The summed E-state index contributed by atoms with van der Waals surface area (Å²) in [4.78, 5) is 16.2. The van der Waals surface area contributed by atoms with Crippen LogP contribution in [0.1, 0.15) is 15.9 Å². The minimum Gasteiger partial charge on any atom is -0.322 e. The summed E-state index contributed by atoms with van der Waals surface area (Å²) in [6.45, 7) is 1.95. The molecule has 1 N–H and O–H groups in total. The Hall–Kier alpha value is -2.61. The fourth-order valence-corrected chi connectivity index (χ4v) is 2.31. The molecule has 1 aromatic carbocycles. The summed E-state index contributed by atoms with van der Waals surface area (Å²) in [6.07, 6.45) is 4.64. The summed E-state index contributed by atoms with van der Waals surface area (Å²) in [6, 6.07) is 7.24. The lowest BCUT2D eigenvalue weighted by Crippen LogP contribution is -2.12. The molecule has 0 unspecified atom stereocenters. The SMILES string of the molecule is Cc1ccc(NC(=O)c2cncc(Br)c2)cc1-n1cnnn1. The summed E-state index contributed by atoms with van der Waals surface area (Å²) in [5, 5.41) is 13.9. The molecule has 8 heteroatoms. The number of carbonyl (C=O) groups is 1. The van der Waals surface area contributed by atoms with Crippen LogP contribution in [0.2, 0.25) is 0 Å². The first-order valence-corrected chi connectivity index (χ1v) is 7.19. The Bertz CT molecular complexity index is 818. The number of anilines is 1. The van der Waals surface area contributed by atoms with Crippen LogP contribution < -0.4 is 5.32 Å². The number of carbonyl (C=O) groups excluding carboxylic acids is 1. The quantitative estimate of drug-likeness (QED) is 0.776. The monoisotopic (exact) mass is 358 g/mol. The Labute approximate surface area is 134 Å². The topological polar surface area (TPSA) is 85.6 Å². The molecule has 0 aliphatic rings. The van der Waals surface area contributed by atoms with E-state index in [-0.39, 0.29) is 5.91 Å². The molecule has 0 atom stereocenters. The molecular weight excluding hydrogens is 348 g/mol. The average molecular weight is 359 g/mol. The van der Waals surface area contributed by atoms with Crippen molar-refractivity contribution in [3.8, 4) is 5.69 Å². The van der Waals surface area contributed by atoms with Crippen LogP contribution in [0.3, 0.4) is 0 Å². The predicted octanol–water partition coefficient (Wildman–Crippen LogP) is 2.38. The van der Waals surface area contributed by atoms with Crippen molar-refractivity contribution in [1.29, 1.82) is 0 Å². The van der Waals surface area contributed by atoms with E-state index in [1.54, 1.807) is 16.9 Å². The Morgan fingerprint density at radius 1 is 1.27 bits per heavy atom. The molecule has 22 heavy (non-hydrogen) atoms. The number of nitrogens with zero attached hydrogens (tertiary/aromatic N) is 5. The van der Waals surface area contributed by atoms with Crippen LogP contribution in [0.4, 0.5) is 5.69 Å². The number of rotatable bonds is 3. The maximum Gasteiger partial charge on any atom is 0.257 e. The van der Waals surface area contributed by atoms with Gasteiger partial charge in [0.25, 0.3) is 5.91 Å². The zero-order valence-corrected chi connectivity index (χ0v) is 13.1. The van der Waals surface area contributed by atoms with Crippen LogP contribution in [-0.2, 0) is 0 Å². The molecule has 0 bridgehead atoms. The highest BCUT2D eigenvalue weighted by Gasteiger charge is 2.09. The van der Waals surface area contributed by atoms with Crippen molar-refractivity contribution in [2.75, 3.05) is 5.32 Å². The fraction of sp³-hybridized carbons (Fsp3) is 0.0714. The second-order valence-electron chi connectivity index (χ2n) is 4.60. The van der Waals surface area contributed by atoms with Gasteiger partial charge in [-0.2, -0.15) is 0 Å². The molecule has 0 aliphatic heterocycles. The standard InChI is InChI=1S/C14H11BrN6O/c1-9-2-3-12(5-13(9)21-8-17-19-20-21)18-14(22)10-4-11(15)7-16-6-10/h2-8H,1H3,(H,18,22). The Kier molecular flexibility index (Phi) is 3.92. The van der Waals surface area contributed by atoms with Crippen molar-refractivity contribution >= 4 is 27.5 Å². The zero-order valence-electron chi connectivity index (χ0n) is 11.6. The predicted molar refractivity (Wildman–Crippen MR) is 83.8 cm³/mol. The Morgan fingerprint density at radius 3 is 2.86 bits per heavy atom. The first kappa shape index (κ1) is 14.3. The molecule has 110 valence electrons.